The van der Waals surface area contributed by atoms with Crippen LogP contribution in [0.2, 0.25) is 0 Å². The molecule has 0 saturated carbocycles. The first-order valence-corrected chi connectivity index (χ1v) is 7.79. The van der Waals surface area contributed by atoms with Crippen molar-refractivity contribution in [2.75, 3.05) is 11.9 Å². The average Bonchev–Trinajstić information content (AvgIpc) is 3.10. The molecule has 0 bridgehead atoms. The van der Waals surface area contributed by atoms with E-state index < -0.39 is 0 Å². The molecule has 2 aromatic heterocycles. The monoisotopic (exact) mass is 293 g/mol. The van der Waals surface area contributed by atoms with Gasteiger partial charge in [-0.1, -0.05) is 17.7 Å². The van der Waals surface area contributed by atoms with Gasteiger partial charge in [0.25, 0.3) is 0 Å². The molecule has 0 unspecified atom stereocenters. The van der Waals surface area contributed by atoms with Gasteiger partial charge >= 0.3 is 0 Å². The van der Waals surface area contributed by atoms with Crippen molar-refractivity contribution in [3.8, 4) is 17.1 Å². The molecule has 0 saturated heterocycles. The summed E-state index contributed by atoms with van der Waals surface area (Å²) in [5.41, 5.74) is 4.54. The van der Waals surface area contributed by atoms with Crippen LogP contribution in [0.5, 0.6) is 0 Å². The molecule has 0 spiro atoms. The van der Waals surface area contributed by atoms with E-state index in [1.165, 1.54) is 24.0 Å². The Morgan fingerprint density at radius 2 is 2.00 bits per heavy atom. The minimum atomic E-state index is 0.839. The van der Waals surface area contributed by atoms with Crippen molar-refractivity contribution < 1.29 is 4.42 Å². The second kappa shape index (κ2) is 5.37. The Hall–Kier alpha value is -2.49. The van der Waals surface area contributed by atoms with Crippen molar-refractivity contribution in [2.24, 2.45) is 0 Å². The first kappa shape index (κ1) is 13.2. The van der Waals surface area contributed by atoms with Crippen molar-refractivity contribution in [1.29, 1.82) is 0 Å². The van der Waals surface area contributed by atoms with Gasteiger partial charge < -0.3 is 9.73 Å². The molecule has 4 rings (SSSR count). The minimum Gasteiger partial charge on any atom is -0.463 e. The van der Waals surface area contributed by atoms with Crippen LogP contribution in [0, 0.1) is 6.92 Å². The molecule has 1 N–H and O–H groups in total. The number of nitrogens with one attached hydrogen (secondary N) is 1. The first-order chi connectivity index (χ1) is 10.8. The van der Waals surface area contributed by atoms with Crippen LogP contribution in [0.15, 0.2) is 47.1 Å². The van der Waals surface area contributed by atoms with Gasteiger partial charge in [0.1, 0.15) is 11.5 Å². The summed E-state index contributed by atoms with van der Waals surface area (Å²) in [7, 11) is 0. The third kappa shape index (κ3) is 2.21. The fraction of sp³-hybridized carbons (Fsp3) is 0.278. The third-order valence-electron chi connectivity index (χ3n) is 4.16. The molecule has 0 amide bonds. The predicted octanol–water partition coefficient (Wildman–Crippen LogP) is 4.19. The van der Waals surface area contributed by atoms with Crippen LogP contribution in [-0.2, 0) is 6.42 Å². The van der Waals surface area contributed by atoms with Gasteiger partial charge in [-0.3, -0.25) is 0 Å². The quantitative estimate of drug-likeness (QED) is 0.770. The second-order valence-electron chi connectivity index (χ2n) is 5.78. The molecule has 0 aliphatic carbocycles. The van der Waals surface area contributed by atoms with Crippen molar-refractivity contribution in [3.05, 3.63) is 53.8 Å². The normalized spacial score (nSPS) is 14.2. The highest BCUT2D eigenvalue weighted by molar-refractivity contribution is 5.68. The zero-order chi connectivity index (χ0) is 14.9. The Kier molecular flexibility index (Phi) is 3.22. The maximum Gasteiger partial charge on any atom is 0.154 e. The summed E-state index contributed by atoms with van der Waals surface area (Å²) in [6.45, 7) is 3.09. The van der Waals surface area contributed by atoms with Crippen molar-refractivity contribution in [1.82, 2.24) is 9.78 Å². The van der Waals surface area contributed by atoms with Crippen molar-refractivity contribution in [3.63, 3.8) is 0 Å². The smallest absolute Gasteiger partial charge is 0.154 e. The van der Waals surface area contributed by atoms with E-state index in [-0.39, 0.29) is 0 Å². The van der Waals surface area contributed by atoms with Crippen LogP contribution in [0.3, 0.4) is 0 Å². The predicted molar refractivity (Wildman–Crippen MR) is 87.4 cm³/mol. The molecule has 0 fully saturated rings. The number of hydrogen-bond acceptors (Lipinski definition) is 3. The van der Waals surface area contributed by atoms with E-state index in [1.54, 1.807) is 6.26 Å². The fourth-order valence-corrected chi connectivity index (χ4v) is 2.99. The van der Waals surface area contributed by atoms with Gasteiger partial charge in [0.2, 0.25) is 0 Å². The molecule has 22 heavy (non-hydrogen) atoms. The first-order valence-electron chi connectivity index (χ1n) is 7.79. The van der Waals surface area contributed by atoms with Gasteiger partial charge in [-0.2, -0.15) is 5.10 Å². The Morgan fingerprint density at radius 1 is 1.14 bits per heavy atom. The van der Waals surface area contributed by atoms with Crippen molar-refractivity contribution in [2.45, 2.75) is 26.2 Å². The average molecular weight is 293 g/mol. The number of hydrogen-bond donors (Lipinski definition) is 1. The van der Waals surface area contributed by atoms with Crippen LogP contribution in [0.25, 0.3) is 17.1 Å². The molecular weight excluding hydrogens is 274 g/mol. The summed E-state index contributed by atoms with van der Waals surface area (Å²) in [5.74, 6) is 1.94. The summed E-state index contributed by atoms with van der Waals surface area (Å²) < 4.78 is 7.60. The van der Waals surface area contributed by atoms with Crippen LogP contribution >= 0.6 is 0 Å². The molecule has 0 atom stereocenters. The van der Waals surface area contributed by atoms with E-state index >= 15 is 0 Å². The SMILES string of the molecule is Cc1ccc(-n2nc(-c3ccco3)c3c2NCCCC3)cc1. The number of fused-ring (bicyclic) bond motifs is 1. The Morgan fingerprint density at radius 3 is 2.77 bits per heavy atom. The Labute approximate surface area is 129 Å². The highest BCUT2D eigenvalue weighted by Gasteiger charge is 2.22. The highest BCUT2D eigenvalue weighted by atomic mass is 16.3. The molecule has 3 heterocycles. The summed E-state index contributed by atoms with van der Waals surface area (Å²) >= 11 is 0. The molecule has 1 aliphatic heterocycles. The van der Waals surface area contributed by atoms with E-state index in [1.807, 2.05) is 16.8 Å². The second-order valence-corrected chi connectivity index (χ2v) is 5.78. The van der Waals surface area contributed by atoms with Gasteiger partial charge in [0.15, 0.2) is 5.76 Å². The van der Waals surface area contributed by atoms with E-state index in [0.29, 0.717) is 0 Å². The maximum absolute atomic E-state index is 5.59. The fourth-order valence-electron chi connectivity index (χ4n) is 2.99. The molecule has 0 radical (unpaired) electrons. The molecule has 4 heteroatoms. The summed E-state index contributed by atoms with van der Waals surface area (Å²) in [4.78, 5) is 0. The number of benzene rings is 1. The van der Waals surface area contributed by atoms with Crippen LogP contribution in [-0.4, -0.2) is 16.3 Å². The third-order valence-corrected chi connectivity index (χ3v) is 4.16. The van der Waals surface area contributed by atoms with E-state index in [9.17, 15) is 0 Å². The van der Waals surface area contributed by atoms with E-state index in [4.69, 9.17) is 9.52 Å². The molecule has 112 valence electrons. The standard InChI is InChI=1S/C18H19N3O/c1-13-7-9-14(10-8-13)21-18-15(5-2-3-11-19-18)17(20-21)16-6-4-12-22-16/h4,6-10,12,19H,2-3,5,11H2,1H3. The number of rotatable bonds is 2. The van der Waals surface area contributed by atoms with E-state index in [2.05, 4.69) is 36.5 Å². The zero-order valence-corrected chi connectivity index (χ0v) is 12.7. The van der Waals surface area contributed by atoms with Crippen molar-refractivity contribution >= 4 is 5.82 Å². The van der Waals surface area contributed by atoms with Crippen LogP contribution in [0.1, 0.15) is 24.0 Å². The maximum atomic E-state index is 5.59. The number of furan rings is 1. The number of aryl methyl sites for hydroxylation is 1. The minimum absolute atomic E-state index is 0.839. The molecular formula is C18H19N3O. The molecule has 3 aromatic rings. The largest absolute Gasteiger partial charge is 0.463 e. The Bertz CT molecular complexity index is 770. The van der Waals surface area contributed by atoms with Gasteiger partial charge in [-0.05, 0) is 50.5 Å². The van der Waals surface area contributed by atoms with E-state index in [0.717, 1.165) is 35.9 Å². The number of anilines is 1. The Balaban J connectivity index is 1.89. The lowest BCUT2D eigenvalue weighted by molar-refractivity contribution is 0.578. The lowest BCUT2D eigenvalue weighted by Crippen LogP contribution is -2.07. The van der Waals surface area contributed by atoms with Gasteiger partial charge in [-0.25, -0.2) is 4.68 Å². The summed E-state index contributed by atoms with van der Waals surface area (Å²) in [6, 6.07) is 12.4. The number of aromatic nitrogens is 2. The van der Waals surface area contributed by atoms with Gasteiger partial charge in [0, 0.05) is 12.1 Å². The molecule has 1 aromatic carbocycles. The lowest BCUT2D eigenvalue weighted by Gasteiger charge is -2.09. The molecule has 1 aliphatic rings. The summed E-state index contributed by atoms with van der Waals surface area (Å²) in [6.07, 6.45) is 5.09. The molecule has 4 nitrogen and oxygen atoms in total. The lowest BCUT2D eigenvalue weighted by atomic mass is 10.1. The van der Waals surface area contributed by atoms with Crippen LogP contribution in [0.4, 0.5) is 5.82 Å². The van der Waals surface area contributed by atoms with Gasteiger partial charge in [0.05, 0.1) is 12.0 Å². The topological polar surface area (TPSA) is 43.0 Å². The highest BCUT2D eigenvalue weighted by Crippen LogP contribution is 2.34. The number of nitrogens with zero attached hydrogens (tertiary/aromatic N) is 2. The van der Waals surface area contributed by atoms with Crippen LogP contribution < -0.4 is 5.32 Å². The van der Waals surface area contributed by atoms with Gasteiger partial charge in [-0.15, -0.1) is 0 Å². The summed E-state index contributed by atoms with van der Waals surface area (Å²) in [5, 5.41) is 8.38. The zero-order valence-electron chi connectivity index (χ0n) is 12.7.